The SMILES string of the molecule is C=C(Br)COc1ccc(CO)cc1[N+](=O)[O-]. The van der Waals surface area contributed by atoms with E-state index in [2.05, 4.69) is 22.5 Å². The first-order valence-electron chi connectivity index (χ1n) is 4.39. The van der Waals surface area contributed by atoms with Crippen molar-refractivity contribution in [2.24, 2.45) is 0 Å². The predicted octanol–water partition coefficient (Wildman–Crippen LogP) is 2.37. The van der Waals surface area contributed by atoms with Crippen LogP contribution in [0.1, 0.15) is 5.56 Å². The van der Waals surface area contributed by atoms with Gasteiger partial charge in [-0.2, -0.15) is 0 Å². The molecule has 0 aliphatic rings. The Hall–Kier alpha value is -1.40. The molecule has 16 heavy (non-hydrogen) atoms. The maximum absolute atomic E-state index is 10.7. The molecule has 0 bridgehead atoms. The highest BCUT2D eigenvalue weighted by Gasteiger charge is 2.15. The zero-order chi connectivity index (χ0) is 12.1. The number of halogens is 1. The van der Waals surface area contributed by atoms with Gasteiger partial charge in [0, 0.05) is 10.5 Å². The summed E-state index contributed by atoms with van der Waals surface area (Å²) in [6.07, 6.45) is 0. The number of nitrogens with zero attached hydrogens (tertiary/aromatic N) is 1. The zero-order valence-electron chi connectivity index (χ0n) is 8.35. The van der Waals surface area contributed by atoms with Crippen LogP contribution in [0, 0.1) is 10.1 Å². The van der Waals surface area contributed by atoms with Crippen molar-refractivity contribution in [1.29, 1.82) is 0 Å². The molecular weight excluding hydrogens is 278 g/mol. The first kappa shape index (κ1) is 12.7. The van der Waals surface area contributed by atoms with Crippen molar-refractivity contribution in [2.45, 2.75) is 6.61 Å². The third kappa shape index (κ3) is 3.32. The molecule has 0 fully saturated rings. The minimum absolute atomic E-state index is 0.152. The lowest BCUT2D eigenvalue weighted by Gasteiger charge is -2.06. The van der Waals surface area contributed by atoms with Crippen molar-refractivity contribution in [3.63, 3.8) is 0 Å². The summed E-state index contributed by atoms with van der Waals surface area (Å²) in [5.74, 6) is 0.155. The van der Waals surface area contributed by atoms with Crippen LogP contribution >= 0.6 is 15.9 Å². The van der Waals surface area contributed by atoms with E-state index in [0.29, 0.717) is 10.0 Å². The molecule has 0 radical (unpaired) electrons. The Morgan fingerprint density at radius 1 is 1.62 bits per heavy atom. The van der Waals surface area contributed by atoms with Gasteiger partial charge < -0.3 is 9.84 Å². The monoisotopic (exact) mass is 287 g/mol. The molecule has 0 amide bonds. The van der Waals surface area contributed by atoms with E-state index in [9.17, 15) is 10.1 Å². The molecule has 0 atom stereocenters. The number of nitro groups is 1. The van der Waals surface area contributed by atoms with Gasteiger partial charge in [-0.05, 0) is 11.6 Å². The zero-order valence-corrected chi connectivity index (χ0v) is 9.94. The molecule has 0 spiro atoms. The lowest BCUT2D eigenvalue weighted by atomic mass is 10.2. The van der Waals surface area contributed by atoms with Crippen molar-refractivity contribution in [1.82, 2.24) is 0 Å². The molecule has 0 saturated heterocycles. The van der Waals surface area contributed by atoms with Gasteiger partial charge in [-0.15, -0.1) is 0 Å². The number of nitro benzene ring substituents is 1. The predicted molar refractivity (Wildman–Crippen MR) is 62.6 cm³/mol. The highest BCUT2D eigenvalue weighted by Crippen LogP contribution is 2.28. The number of hydrogen-bond acceptors (Lipinski definition) is 4. The summed E-state index contributed by atoms with van der Waals surface area (Å²) in [6.45, 7) is 3.47. The summed E-state index contributed by atoms with van der Waals surface area (Å²) >= 11 is 3.09. The van der Waals surface area contributed by atoms with Gasteiger partial charge in [0.2, 0.25) is 0 Å². The standard InChI is InChI=1S/C10H10BrNO4/c1-7(11)6-16-10-3-2-8(5-13)4-9(10)12(14)15/h2-4,13H,1,5-6H2. The van der Waals surface area contributed by atoms with Crippen molar-refractivity contribution in [3.05, 3.63) is 44.9 Å². The second-order valence-electron chi connectivity index (χ2n) is 3.02. The fraction of sp³-hybridized carbons (Fsp3) is 0.200. The van der Waals surface area contributed by atoms with Gasteiger partial charge in [0.15, 0.2) is 5.75 Å². The maximum Gasteiger partial charge on any atom is 0.311 e. The first-order chi connectivity index (χ1) is 7.54. The summed E-state index contributed by atoms with van der Waals surface area (Å²) < 4.78 is 5.78. The Morgan fingerprint density at radius 3 is 2.81 bits per heavy atom. The number of aliphatic hydroxyl groups excluding tert-OH is 1. The van der Waals surface area contributed by atoms with Crippen LogP contribution < -0.4 is 4.74 Å². The summed E-state index contributed by atoms with van der Waals surface area (Å²) in [6, 6.07) is 4.31. The Morgan fingerprint density at radius 2 is 2.31 bits per heavy atom. The van der Waals surface area contributed by atoms with Crippen LogP contribution in [0.5, 0.6) is 5.75 Å². The van der Waals surface area contributed by atoms with Gasteiger partial charge in [-0.3, -0.25) is 10.1 Å². The number of aliphatic hydroxyl groups is 1. The van der Waals surface area contributed by atoms with Crippen molar-refractivity contribution < 1.29 is 14.8 Å². The van der Waals surface area contributed by atoms with E-state index >= 15 is 0 Å². The molecule has 0 aliphatic heterocycles. The summed E-state index contributed by atoms with van der Waals surface area (Å²) in [5.41, 5.74) is 0.303. The van der Waals surface area contributed by atoms with E-state index in [4.69, 9.17) is 9.84 Å². The van der Waals surface area contributed by atoms with Gasteiger partial charge in [0.05, 0.1) is 11.5 Å². The molecule has 0 aliphatic carbocycles. The quantitative estimate of drug-likeness (QED) is 0.667. The van der Waals surface area contributed by atoms with Crippen molar-refractivity contribution >= 4 is 21.6 Å². The number of benzene rings is 1. The molecule has 1 N–H and O–H groups in total. The van der Waals surface area contributed by atoms with Crippen molar-refractivity contribution in [2.75, 3.05) is 6.61 Å². The fourth-order valence-electron chi connectivity index (χ4n) is 1.08. The number of hydrogen-bond donors (Lipinski definition) is 1. The fourth-order valence-corrected chi connectivity index (χ4v) is 1.20. The lowest BCUT2D eigenvalue weighted by molar-refractivity contribution is -0.385. The molecule has 0 saturated carbocycles. The molecule has 1 aromatic rings. The summed E-state index contributed by atoms with van der Waals surface area (Å²) in [5, 5.41) is 19.6. The molecule has 5 nitrogen and oxygen atoms in total. The Kier molecular flexibility index (Phi) is 4.45. The summed E-state index contributed by atoms with van der Waals surface area (Å²) in [4.78, 5) is 10.2. The second-order valence-corrected chi connectivity index (χ2v) is 4.14. The van der Waals surface area contributed by atoms with Crippen LogP contribution in [0.3, 0.4) is 0 Å². The lowest BCUT2D eigenvalue weighted by Crippen LogP contribution is -2.00. The minimum atomic E-state index is -0.550. The summed E-state index contributed by atoms with van der Waals surface area (Å²) in [7, 11) is 0. The maximum atomic E-state index is 10.7. The minimum Gasteiger partial charge on any atom is -0.481 e. The molecule has 6 heteroatoms. The van der Waals surface area contributed by atoms with Crippen molar-refractivity contribution in [3.8, 4) is 5.75 Å². The van der Waals surface area contributed by atoms with Gasteiger partial charge in [0.1, 0.15) is 6.61 Å². The van der Waals surface area contributed by atoms with Crippen LogP contribution in [0.15, 0.2) is 29.3 Å². The van der Waals surface area contributed by atoms with Crippen LogP contribution in [0.25, 0.3) is 0 Å². The molecule has 1 rings (SSSR count). The topological polar surface area (TPSA) is 72.6 Å². The van der Waals surface area contributed by atoms with E-state index in [-0.39, 0.29) is 24.7 Å². The Labute approximate surface area is 101 Å². The van der Waals surface area contributed by atoms with E-state index in [1.807, 2.05) is 0 Å². The largest absolute Gasteiger partial charge is 0.481 e. The van der Waals surface area contributed by atoms with E-state index < -0.39 is 4.92 Å². The Bertz CT molecular complexity index is 419. The van der Waals surface area contributed by atoms with Gasteiger partial charge >= 0.3 is 5.69 Å². The number of rotatable bonds is 5. The molecule has 1 aromatic carbocycles. The average molecular weight is 288 g/mol. The molecular formula is C10H10BrNO4. The molecule has 0 unspecified atom stereocenters. The molecule has 0 aromatic heterocycles. The van der Waals surface area contributed by atoms with Gasteiger partial charge in [0.25, 0.3) is 0 Å². The average Bonchev–Trinajstić information content (AvgIpc) is 2.25. The third-order valence-electron chi connectivity index (χ3n) is 1.79. The third-order valence-corrected chi connectivity index (χ3v) is 2.02. The van der Waals surface area contributed by atoms with Crippen LogP contribution in [0.2, 0.25) is 0 Å². The molecule has 86 valence electrons. The highest BCUT2D eigenvalue weighted by molar-refractivity contribution is 9.11. The second kappa shape index (κ2) is 5.62. The van der Waals surface area contributed by atoms with Gasteiger partial charge in [-0.1, -0.05) is 28.6 Å². The van der Waals surface area contributed by atoms with Crippen LogP contribution in [-0.2, 0) is 6.61 Å². The van der Waals surface area contributed by atoms with Crippen LogP contribution in [0.4, 0.5) is 5.69 Å². The highest BCUT2D eigenvalue weighted by atomic mass is 79.9. The van der Waals surface area contributed by atoms with Gasteiger partial charge in [-0.25, -0.2) is 0 Å². The first-order valence-corrected chi connectivity index (χ1v) is 5.18. The molecule has 0 heterocycles. The van der Waals surface area contributed by atoms with Crippen LogP contribution in [-0.4, -0.2) is 16.6 Å². The Balaban J connectivity index is 2.98. The van der Waals surface area contributed by atoms with E-state index in [1.54, 1.807) is 6.07 Å². The van der Waals surface area contributed by atoms with E-state index in [1.165, 1.54) is 12.1 Å². The normalized spacial score (nSPS) is 9.88. The van der Waals surface area contributed by atoms with E-state index in [0.717, 1.165) is 0 Å². The number of ether oxygens (including phenoxy) is 1. The smallest absolute Gasteiger partial charge is 0.311 e.